The van der Waals surface area contributed by atoms with E-state index in [0.29, 0.717) is 5.02 Å². The van der Waals surface area contributed by atoms with Crippen molar-refractivity contribution in [3.05, 3.63) is 172 Å². The second kappa shape index (κ2) is 23.7. The van der Waals surface area contributed by atoms with E-state index in [9.17, 15) is 0 Å². The number of benzene rings is 4. The molecular weight excluding hydrogens is 778 g/mol. The maximum absolute atomic E-state index is 6.59. The molecular formula is C49H64ClFeN3Si2. The van der Waals surface area contributed by atoms with Crippen LogP contribution in [0.1, 0.15) is 86.3 Å². The van der Waals surface area contributed by atoms with E-state index in [0.717, 1.165) is 62.0 Å². The van der Waals surface area contributed by atoms with E-state index < -0.39 is 16.1 Å². The number of pyridine rings is 1. The molecule has 0 atom stereocenters. The molecule has 4 aromatic carbocycles. The summed E-state index contributed by atoms with van der Waals surface area (Å²) in [5.41, 5.74) is 11.3. The summed E-state index contributed by atoms with van der Waals surface area (Å²) in [6.45, 7) is 30.5. The van der Waals surface area contributed by atoms with Crippen LogP contribution in [0, 0.1) is 40.8 Å². The first kappa shape index (κ1) is 48.8. The van der Waals surface area contributed by atoms with Gasteiger partial charge in [0, 0.05) is 11.1 Å². The summed E-state index contributed by atoms with van der Waals surface area (Å²) in [6, 6.07) is 44.6. The predicted octanol–water partition coefficient (Wildman–Crippen LogP) is 15.0. The van der Waals surface area contributed by atoms with Crippen molar-refractivity contribution < 1.29 is 17.1 Å². The van der Waals surface area contributed by atoms with Crippen LogP contribution >= 0.6 is 11.6 Å². The van der Waals surface area contributed by atoms with E-state index in [1.165, 1.54) is 41.8 Å². The topological polar surface area (TPSA) is 37.6 Å². The number of aryl methyl sites for hydroxylation is 4. The third kappa shape index (κ3) is 13.9. The van der Waals surface area contributed by atoms with Crippen LogP contribution in [0.25, 0.3) is 0 Å². The fourth-order valence-electron chi connectivity index (χ4n) is 6.27. The van der Waals surface area contributed by atoms with E-state index in [-0.39, 0.29) is 17.1 Å². The van der Waals surface area contributed by atoms with Crippen molar-refractivity contribution in [2.45, 2.75) is 106 Å². The van der Waals surface area contributed by atoms with Crippen LogP contribution in [-0.2, 0) is 17.1 Å². The van der Waals surface area contributed by atoms with E-state index >= 15 is 0 Å². The smallest absolute Gasteiger partial charge is 0.342 e. The SMILES string of the molecule is Cc1cc(C)c(N=C(c2ccccc2)c2cccc(C(=Nc3c(C)cccc3Cl)c3ccccc3)n2)c(C)c1.[CH2-][Si](CC)(CC)CC.[CH2-][Si](CC)(CC)CC.[Fe+2]. The molecule has 0 aliphatic rings. The van der Waals surface area contributed by atoms with E-state index in [1.807, 2.05) is 91.9 Å². The molecule has 1 aromatic heterocycles. The molecule has 0 radical (unpaired) electrons. The molecule has 0 fully saturated rings. The van der Waals surface area contributed by atoms with Crippen LogP contribution in [0.3, 0.4) is 0 Å². The summed E-state index contributed by atoms with van der Waals surface area (Å²) in [7, 11) is -1.84. The van der Waals surface area contributed by atoms with Crippen molar-refractivity contribution in [3.63, 3.8) is 0 Å². The average Bonchev–Trinajstić information content (AvgIpc) is 3.21. The van der Waals surface area contributed by atoms with Gasteiger partial charge in [0.05, 0.1) is 39.2 Å². The van der Waals surface area contributed by atoms with Crippen LogP contribution in [0.2, 0.25) is 41.3 Å². The minimum absolute atomic E-state index is 0. The maximum Gasteiger partial charge on any atom is 2.00 e. The van der Waals surface area contributed by atoms with Crippen LogP contribution in [-0.4, -0.2) is 32.6 Å². The van der Waals surface area contributed by atoms with Gasteiger partial charge in [0.25, 0.3) is 0 Å². The van der Waals surface area contributed by atoms with Gasteiger partial charge in [-0.05, 0) is 62.6 Å². The van der Waals surface area contributed by atoms with Gasteiger partial charge in [-0.2, -0.15) is 0 Å². The molecule has 0 aliphatic carbocycles. The van der Waals surface area contributed by atoms with Gasteiger partial charge in [-0.3, -0.25) is 0 Å². The van der Waals surface area contributed by atoms with E-state index in [2.05, 4.69) is 99.7 Å². The van der Waals surface area contributed by atoms with Crippen molar-refractivity contribution in [3.8, 4) is 0 Å². The minimum Gasteiger partial charge on any atom is -0.342 e. The zero-order valence-corrected chi connectivity index (χ0v) is 39.5. The van der Waals surface area contributed by atoms with Gasteiger partial charge >= 0.3 is 17.1 Å². The summed E-state index contributed by atoms with van der Waals surface area (Å²) in [6.07, 6.45) is 0. The number of aromatic nitrogens is 1. The van der Waals surface area contributed by atoms with E-state index in [4.69, 9.17) is 26.6 Å². The Hall–Kier alpha value is -3.39. The Morgan fingerprint density at radius 1 is 0.518 bits per heavy atom. The first-order valence-electron chi connectivity index (χ1n) is 20.1. The van der Waals surface area contributed by atoms with Crippen molar-refractivity contribution in [2.24, 2.45) is 9.98 Å². The number of para-hydroxylation sites is 1. The maximum atomic E-state index is 6.59. The zero-order valence-electron chi connectivity index (χ0n) is 35.6. The first-order chi connectivity index (χ1) is 26.3. The largest absolute Gasteiger partial charge is 2.00 e. The van der Waals surface area contributed by atoms with Crippen LogP contribution in [0.5, 0.6) is 0 Å². The summed E-state index contributed by atoms with van der Waals surface area (Å²) in [5.74, 6) is 0. The van der Waals surface area contributed by atoms with E-state index in [1.54, 1.807) is 0 Å². The zero-order chi connectivity index (χ0) is 40.6. The molecule has 298 valence electrons. The van der Waals surface area contributed by atoms with Crippen molar-refractivity contribution in [1.82, 2.24) is 4.98 Å². The monoisotopic (exact) mass is 841 g/mol. The molecule has 0 unspecified atom stereocenters. The van der Waals surface area contributed by atoms with Gasteiger partial charge in [-0.15, -0.1) is 0 Å². The standard InChI is InChI=1S/C35H30ClN3.2C7H17Si.Fe/c1-23-21-25(3)32(26(4)22-23)38-34(27-14-7-5-8-15-27)30-19-12-20-31(37-30)35(28-16-9-6-10-17-28)39-33-24(2)13-11-18-29(33)36;2*1-5-8(4,6-2)7-3;/h5-22H,1-4H3;2*4-7H2,1-3H3;/q;2*-1;+2. The molecule has 5 rings (SSSR count). The molecule has 3 nitrogen and oxygen atoms in total. The molecule has 56 heavy (non-hydrogen) atoms. The van der Waals surface area contributed by atoms with Crippen LogP contribution < -0.4 is 0 Å². The second-order valence-corrected chi connectivity index (χ2v) is 25.5. The molecule has 0 aliphatic heterocycles. The van der Waals surface area contributed by atoms with Gasteiger partial charge in [-0.1, -0.05) is 202 Å². The molecule has 0 bridgehead atoms. The van der Waals surface area contributed by atoms with Gasteiger partial charge in [0.2, 0.25) is 0 Å². The Labute approximate surface area is 358 Å². The molecule has 5 aromatic rings. The molecule has 0 amide bonds. The normalized spacial score (nSPS) is 11.8. The third-order valence-electron chi connectivity index (χ3n) is 11.1. The van der Waals surface area contributed by atoms with Gasteiger partial charge in [-0.25, -0.2) is 15.0 Å². The Balaban J connectivity index is 0.000000536. The number of hydrogen-bond acceptors (Lipinski definition) is 3. The minimum atomic E-state index is -0.921. The Bertz CT molecular complexity index is 1930. The van der Waals surface area contributed by atoms with Gasteiger partial charge in [0.15, 0.2) is 0 Å². The Kier molecular flexibility index (Phi) is 20.7. The van der Waals surface area contributed by atoms with Crippen LogP contribution in [0.15, 0.2) is 119 Å². The second-order valence-electron chi connectivity index (χ2n) is 14.8. The third-order valence-corrected chi connectivity index (χ3v) is 20.4. The molecule has 0 saturated heterocycles. The summed E-state index contributed by atoms with van der Waals surface area (Å²) in [4.78, 5) is 15.4. The average molecular weight is 843 g/mol. The summed E-state index contributed by atoms with van der Waals surface area (Å²) >= 11 is 6.59. The molecule has 0 N–H and O–H groups in total. The Morgan fingerprint density at radius 2 is 0.893 bits per heavy atom. The quantitative estimate of drug-likeness (QED) is 0.0700. The number of aliphatic imine (C=N–C) groups is 2. The van der Waals surface area contributed by atoms with Crippen LogP contribution in [0.4, 0.5) is 11.4 Å². The number of rotatable bonds is 12. The Morgan fingerprint density at radius 3 is 1.25 bits per heavy atom. The van der Waals surface area contributed by atoms with Gasteiger partial charge in [0.1, 0.15) is 0 Å². The summed E-state index contributed by atoms with van der Waals surface area (Å²) in [5, 5.41) is 0.608. The predicted molar refractivity (Wildman–Crippen MR) is 250 cm³/mol. The van der Waals surface area contributed by atoms with Crippen molar-refractivity contribution in [2.75, 3.05) is 0 Å². The number of nitrogens with zero attached hydrogens (tertiary/aromatic N) is 3. The summed E-state index contributed by atoms with van der Waals surface area (Å²) < 4.78 is 0. The van der Waals surface area contributed by atoms with Gasteiger partial charge < -0.3 is 13.1 Å². The van der Waals surface area contributed by atoms with Crippen molar-refractivity contribution >= 4 is 50.5 Å². The molecule has 1 heterocycles. The fourth-order valence-corrected chi connectivity index (χ4v) is 9.53. The molecule has 7 heteroatoms. The van der Waals surface area contributed by atoms with Crippen molar-refractivity contribution in [1.29, 1.82) is 0 Å². The number of halogens is 1. The molecule has 0 saturated carbocycles. The molecule has 0 spiro atoms. The number of hydrogen-bond donors (Lipinski definition) is 0. The first-order valence-corrected chi connectivity index (χ1v) is 26.1. The fraction of sp³-hybridized carbons (Fsp3) is 0.327.